The number of sulfone groups is 1. The molecule has 7 heteroatoms. The van der Waals surface area contributed by atoms with Gasteiger partial charge in [-0.1, -0.05) is 20.8 Å². The molecule has 0 aromatic rings. The largest absolute Gasteiger partial charge is 0.338 e. The molecular weight excluding hydrogens is 348 g/mol. The van der Waals surface area contributed by atoms with Gasteiger partial charge >= 0.3 is 0 Å². The third-order valence-corrected chi connectivity index (χ3v) is 8.19. The SMILES string of the molecule is CC1(C)CC2CC(C)(CN2C(=O)C2(S(C)(=O)=O)CCNCC2)C1.Cl. The Bertz CT molecular complexity index is 613. The number of likely N-dealkylation sites (tertiary alicyclic amines) is 1. The maximum absolute atomic E-state index is 13.4. The van der Waals surface area contributed by atoms with Crippen LogP contribution in [0.3, 0.4) is 0 Å². The Morgan fingerprint density at radius 1 is 1.12 bits per heavy atom. The van der Waals surface area contributed by atoms with E-state index in [1.807, 2.05) is 4.90 Å². The fraction of sp³-hybridized carbons (Fsp3) is 0.941. The molecule has 1 amide bonds. The highest BCUT2D eigenvalue weighted by atomic mass is 35.5. The summed E-state index contributed by atoms with van der Waals surface area (Å²) in [6, 6.07) is 0.199. The molecule has 2 heterocycles. The standard InChI is InChI=1S/C17H30N2O3S.ClH/c1-15(2)9-13-10-16(3,11-15)12-19(13)14(20)17(23(4,21)22)5-7-18-8-6-17;/h13,18H,5-12H2,1-4H3;1H. The highest BCUT2D eigenvalue weighted by Gasteiger charge is 2.57. The number of piperidine rings is 1. The Labute approximate surface area is 152 Å². The van der Waals surface area contributed by atoms with Crippen LogP contribution in [0.1, 0.15) is 52.9 Å². The zero-order valence-corrected chi connectivity index (χ0v) is 16.9. The van der Waals surface area contributed by atoms with Gasteiger partial charge in [-0.05, 0) is 56.0 Å². The van der Waals surface area contributed by atoms with Crippen LogP contribution in [0.5, 0.6) is 0 Å². The van der Waals surface area contributed by atoms with Crippen LogP contribution in [0.4, 0.5) is 0 Å². The van der Waals surface area contributed by atoms with Crippen molar-refractivity contribution in [3.05, 3.63) is 0 Å². The summed E-state index contributed by atoms with van der Waals surface area (Å²) < 4.78 is 23.8. The average Bonchev–Trinajstić information content (AvgIpc) is 2.66. The molecule has 2 aliphatic heterocycles. The molecule has 2 unspecified atom stereocenters. The molecule has 1 saturated carbocycles. The first-order valence-corrected chi connectivity index (χ1v) is 10.6. The summed E-state index contributed by atoms with van der Waals surface area (Å²) >= 11 is 0. The maximum Gasteiger partial charge on any atom is 0.244 e. The lowest BCUT2D eigenvalue weighted by atomic mass is 9.65. The molecular formula is C17H31ClN2O3S. The number of carbonyl (C=O) groups excluding carboxylic acids is 1. The van der Waals surface area contributed by atoms with Gasteiger partial charge in [0.05, 0.1) is 0 Å². The van der Waals surface area contributed by atoms with Crippen molar-refractivity contribution >= 4 is 28.2 Å². The van der Waals surface area contributed by atoms with Gasteiger partial charge in [0, 0.05) is 18.8 Å². The summed E-state index contributed by atoms with van der Waals surface area (Å²) in [6.07, 6.45) is 5.13. The van der Waals surface area contributed by atoms with Gasteiger partial charge in [-0.25, -0.2) is 8.42 Å². The van der Waals surface area contributed by atoms with Gasteiger partial charge in [-0.15, -0.1) is 12.4 Å². The molecule has 1 aliphatic carbocycles. The number of carbonyl (C=O) groups is 1. The second kappa shape index (κ2) is 6.13. The molecule has 3 rings (SSSR count). The minimum atomic E-state index is -3.43. The van der Waals surface area contributed by atoms with E-state index in [-0.39, 0.29) is 35.2 Å². The zero-order chi connectivity index (χ0) is 17.1. The van der Waals surface area contributed by atoms with E-state index in [1.54, 1.807) is 0 Å². The quantitative estimate of drug-likeness (QED) is 0.798. The average molecular weight is 379 g/mol. The van der Waals surface area contributed by atoms with Crippen LogP contribution in [0.2, 0.25) is 0 Å². The van der Waals surface area contributed by atoms with E-state index < -0.39 is 14.6 Å². The lowest BCUT2D eigenvalue weighted by Gasteiger charge is -2.41. The summed E-state index contributed by atoms with van der Waals surface area (Å²) in [4.78, 5) is 15.3. The van der Waals surface area contributed by atoms with Gasteiger partial charge in [-0.3, -0.25) is 4.79 Å². The minimum absolute atomic E-state index is 0. The van der Waals surface area contributed by atoms with Gasteiger partial charge < -0.3 is 10.2 Å². The van der Waals surface area contributed by atoms with Crippen LogP contribution in [0.15, 0.2) is 0 Å². The number of fused-ring (bicyclic) bond motifs is 2. The molecule has 2 saturated heterocycles. The number of rotatable bonds is 2. The van der Waals surface area contributed by atoms with Gasteiger partial charge in [0.15, 0.2) is 14.6 Å². The predicted octanol–water partition coefficient (Wildman–Crippen LogP) is 2.00. The summed E-state index contributed by atoms with van der Waals surface area (Å²) in [6.45, 7) is 8.69. The van der Waals surface area contributed by atoms with E-state index in [2.05, 4.69) is 26.1 Å². The summed E-state index contributed by atoms with van der Waals surface area (Å²) in [5, 5.41) is 3.19. The number of nitrogens with zero attached hydrogens (tertiary/aromatic N) is 1. The molecule has 140 valence electrons. The van der Waals surface area contributed by atoms with Gasteiger partial charge in [0.2, 0.25) is 5.91 Å². The molecule has 0 radical (unpaired) electrons. The van der Waals surface area contributed by atoms with Crippen LogP contribution >= 0.6 is 12.4 Å². The van der Waals surface area contributed by atoms with Crippen LogP contribution in [-0.4, -0.2) is 55.9 Å². The zero-order valence-electron chi connectivity index (χ0n) is 15.2. The lowest BCUT2D eigenvalue weighted by Crippen LogP contribution is -2.59. The van der Waals surface area contributed by atoms with Crippen molar-refractivity contribution in [1.82, 2.24) is 10.2 Å². The number of halogens is 1. The van der Waals surface area contributed by atoms with Crippen molar-refractivity contribution < 1.29 is 13.2 Å². The predicted molar refractivity (Wildman–Crippen MR) is 98.2 cm³/mol. The molecule has 2 bridgehead atoms. The highest BCUT2D eigenvalue weighted by Crippen LogP contribution is 2.53. The Balaban J connectivity index is 0.00000208. The normalized spacial score (nSPS) is 34.5. The molecule has 3 fully saturated rings. The Hall–Kier alpha value is -0.330. The Morgan fingerprint density at radius 2 is 1.71 bits per heavy atom. The summed E-state index contributed by atoms with van der Waals surface area (Å²) in [5.41, 5.74) is 0.354. The number of hydrogen-bond acceptors (Lipinski definition) is 4. The van der Waals surface area contributed by atoms with Crippen LogP contribution in [0.25, 0.3) is 0 Å². The lowest BCUT2D eigenvalue weighted by molar-refractivity contribution is -0.136. The van der Waals surface area contributed by atoms with Crippen molar-refractivity contribution in [2.24, 2.45) is 10.8 Å². The van der Waals surface area contributed by atoms with Crippen LogP contribution in [-0.2, 0) is 14.6 Å². The van der Waals surface area contributed by atoms with Crippen molar-refractivity contribution in [3.63, 3.8) is 0 Å². The first-order chi connectivity index (χ1) is 10.5. The highest BCUT2D eigenvalue weighted by molar-refractivity contribution is 7.92. The van der Waals surface area contributed by atoms with Crippen LogP contribution < -0.4 is 5.32 Å². The third-order valence-electron chi connectivity index (χ3n) is 6.19. The second-order valence-electron chi connectivity index (χ2n) is 9.16. The fourth-order valence-corrected chi connectivity index (χ4v) is 6.91. The van der Waals surface area contributed by atoms with E-state index in [0.29, 0.717) is 32.5 Å². The van der Waals surface area contributed by atoms with Crippen molar-refractivity contribution in [2.45, 2.75) is 63.7 Å². The summed E-state index contributed by atoms with van der Waals surface area (Å²) in [5.74, 6) is -0.132. The maximum atomic E-state index is 13.4. The van der Waals surface area contributed by atoms with E-state index in [9.17, 15) is 13.2 Å². The topological polar surface area (TPSA) is 66.5 Å². The molecule has 3 aliphatic rings. The van der Waals surface area contributed by atoms with E-state index in [0.717, 1.165) is 19.3 Å². The molecule has 24 heavy (non-hydrogen) atoms. The van der Waals surface area contributed by atoms with Crippen LogP contribution in [0, 0.1) is 10.8 Å². The molecule has 0 aromatic carbocycles. The van der Waals surface area contributed by atoms with Crippen molar-refractivity contribution in [1.29, 1.82) is 0 Å². The van der Waals surface area contributed by atoms with Crippen molar-refractivity contribution in [3.8, 4) is 0 Å². The monoisotopic (exact) mass is 378 g/mol. The molecule has 1 N–H and O–H groups in total. The second-order valence-corrected chi connectivity index (χ2v) is 11.5. The minimum Gasteiger partial charge on any atom is -0.338 e. The smallest absolute Gasteiger partial charge is 0.244 e. The van der Waals surface area contributed by atoms with E-state index in [1.165, 1.54) is 6.26 Å². The first-order valence-electron chi connectivity index (χ1n) is 8.70. The van der Waals surface area contributed by atoms with Gasteiger partial charge in [-0.2, -0.15) is 0 Å². The summed E-state index contributed by atoms with van der Waals surface area (Å²) in [7, 11) is -3.43. The Kier molecular flexibility index (Phi) is 5.11. The number of hydrogen-bond donors (Lipinski definition) is 1. The Morgan fingerprint density at radius 3 is 2.25 bits per heavy atom. The van der Waals surface area contributed by atoms with E-state index >= 15 is 0 Å². The number of amides is 1. The van der Waals surface area contributed by atoms with Gasteiger partial charge in [0.1, 0.15) is 0 Å². The molecule has 5 nitrogen and oxygen atoms in total. The fourth-order valence-electron chi connectivity index (χ4n) is 5.53. The van der Waals surface area contributed by atoms with Gasteiger partial charge in [0.25, 0.3) is 0 Å². The number of nitrogens with one attached hydrogen (secondary N) is 1. The molecule has 0 spiro atoms. The third kappa shape index (κ3) is 3.21. The van der Waals surface area contributed by atoms with Crippen molar-refractivity contribution in [2.75, 3.05) is 25.9 Å². The first kappa shape index (κ1) is 20.0. The van der Waals surface area contributed by atoms with E-state index in [4.69, 9.17) is 0 Å². The molecule has 2 atom stereocenters. The molecule has 0 aromatic heterocycles.